The minimum absolute atomic E-state index is 0.0345. The van der Waals surface area contributed by atoms with E-state index >= 15 is 0 Å². The van der Waals surface area contributed by atoms with Gasteiger partial charge in [-0.1, -0.05) is 12.1 Å². The highest BCUT2D eigenvalue weighted by molar-refractivity contribution is 6.05. The molecule has 0 spiro atoms. The number of hydrogen-bond acceptors (Lipinski definition) is 4. The number of phenolic OH excluding ortho intramolecular Hbond substituents is 1. The second-order valence-electron chi connectivity index (χ2n) is 5.37. The first-order valence-corrected chi connectivity index (χ1v) is 7.10. The van der Waals surface area contributed by atoms with E-state index in [1.807, 2.05) is 26.0 Å². The summed E-state index contributed by atoms with van der Waals surface area (Å²) in [5, 5.41) is 12.7. The zero-order valence-corrected chi connectivity index (χ0v) is 12.7. The Balaban J connectivity index is 2.02. The van der Waals surface area contributed by atoms with Gasteiger partial charge in [0.25, 0.3) is 5.91 Å². The third-order valence-electron chi connectivity index (χ3n) is 3.81. The Morgan fingerprint density at radius 1 is 1.13 bits per heavy atom. The Kier molecular flexibility index (Phi) is 3.62. The number of carbonyl (C=O) groups excluding carboxylic acids is 1. The highest BCUT2D eigenvalue weighted by atomic mass is 16.4. The van der Waals surface area contributed by atoms with Gasteiger partial charge in [-0.25, -0.2) is 4.79 Å². The number of amides is 1. The summed E-state index contributed by atoms with van der Waals surface area (Å²) in [4.78, 5) is 24.4. The van der Waals surface area contributed by atoms with Gasteiger partial charge >= 0.3 is 5.63 Å². The maximum absolute atomic E-state index is 12.4. The van der Waals surface area contributed by atoms with Crippen LogP contribution in [0.2, 0.25) is 0 Å². The van der Waals surface area contributed by atoms with Crippen molar-refractivity contribution >= 4 is 22.6 Å². The average Bonchev–Trinajstić information content (AvgIpc) is 2.51. The smallest absolute Gasteiger partial charge is 0.349 e. The Labute approximate surface area is 132 Å². The standard InChI is InChI=1S/C18H15NO4/c1-10-4-3-5-15(11(10)2)19-17(21)14-9-12-8-13(20)6-7-16(12)23-18(14)22/h3-9,20H,1-2H3,(H,19,21). The molecule has 2 aromatic carbocycles. The Bertz CT molecular complexity index is 972. The lowest BCUT2D eigenvalue weighted by molar-refractivity contribution is 0.102. The highest BCUT2D eigenvalue weighted by Crippen LogP contribution is 2.21. The zero-order chi connectivity index (χ0) is 16.6. The van der Waals surface area contributed by atoms with Crippen molar-refractivity contribution in [1.29, 1.82) is 0 Å². The van der Waals surface area contributed by atoms with Crippen LogP contribution in [0.5, 0.6) is 5.75 Å². The lowest BCUT2D eigenvalue weighted by Gasteiger charge is -2.10. The molecule has 0 radical (unpaired) electrons. The third-order valence-corrected chi connectivity index (χ3v) is 3.81. The molecule has 0 saturated carbocycles. The van der Waals surface area contributed by atoms with E-state index in [4.69, 9.17) is 4.42 Å². The summed E-state index contributed by atoms with van der Waals surface area (Å²) in [6, 6.07) is 11.3. The molecule has 0 aliphatic carbocycles. The predicted octanol–water partition coefficient (Wildman–Crippen LogP) is 3.37. The van der Waals surface area contributed by atoms with Gasteiger partial charge in [-0.05, 0) is 55.3 Å². The molecule has 0 aliphatic rings. The van der Waals surface area contributed by atoms with E-state index in [2.05, 4.69) is 5.32 Å². The topological polar surface area (TPSA) is 79.5 Å². The first kappa shape index (κ1) is 14.8. The maximum Gasteiger partial charge on any atom is 0.349 e. The van der Waals surface area contributed by atoms with Gasteiger partial charge in [-0.2, -0.15) is 0 Å². The first-order chi connectivity index (χ1) is 11.0. The molecule has 23 heavy (non-hydrogen) atoms. The quantitative estimate of drug-likeness (QED) is 0.711. The number of fused-ring (bicyclic) bond motifs is 1. The molecule has 3 rings (SSSR count). The molecule has 0 unspecified atom stereocenters. The van der Waals surface area contributed by atoms with E-state index in [0.29, 0.717) is 16.7 Å². The molecule has 0 saturated heterocycles. The van der Waals surface area contributed by atoms with Crippen molar-refractivity contribution in [2.75, 3.05) is 5.32 Å². The monoisotopic (exact) mass is 309 g/mol. The molecule has 0 atom stereocenters. The van der Waals surface area contributed by atoms with E-state index < -0.39 is 11.5 Å². The number of nitrogens with one attached hydrogen (secondary N) is 1. The third kappa shape index (κ3) is 2.81. The lowest BCUT2D eigenvalue weighted by Crippen LogP contribution is -2.21. The SMILES string of the molecule is Cc1cccc(NC(=O)c2cc3cc(O)ccc3oc2=O)c1C. The maximum atomic E-state index is 12.4. The van der Waals surface area contributed by atoms with Crippen molar-refractivity contribution in [3.63, 3.8) is 0 Å². The number of aryl methyl sites for hydroxylation is 1. The van der Waals surface area contributed by atoms with E-state index in [0.717, 1.165) is 11.1 Å². The fourth-order valence-corrected chi connectivity index (χ4v) is 2.35. The van der Waals surface area contributed by atoms with Crippen LogP contribution in [0.4, 0.5) is 5.69 Å². The molecule has 0 aliphatic heterocycles. The fourth-order valence-electron chi connectivity index (χ4n) is 2.35. The molecule has 1 aromatic heterocycles. The molecule has 3 aromatic rings. The summed E-state index contributed by atoms with van der Waals surface area (Å²) >= 11 is 0. The number of hydrogen-bond donors (Lipinski definition) is 2. The molecule has 1 heterocycles. The Morgan fingerprint density at radius 3 is 2.70 bits per heavy atom. The second-order valence-corrected chi connectivity index (χ2v) is 5.37. The van der Waals surface area contributed by atoms with Crippen LogP contribution in [0.25, 0.3) is 11.0 Å². The minimum Gasteiger partial charge on any atom is -0.508 e. The Morgan fingerprint density at radius 2 is 1.91 bits per heavy atom. The van der Waals surface area contributed by atoms with Crippen molar-refractivity contribution in [3.8, 4) is 5.75 Å². The first-order valence-electron chi connectivity index (χ1n) is 7.10. The van der Waals surface area contributed by atoms with Crippen LogP contribution in [0.3, 0.4) is 0 Å². The van der Waals surface area contributed by atoms with Crippen LogP contribution in [-0.4, -0.2) is 11.0 Å². The summed E-state index contributed by atoms with van der Waals surface area (Å²) in [7, 11) is 0. The molecule has 1 amide bonds. The van der Waals surface area contributed by atoms with Gasteiger partial charge in [0.1, 0.15) is 16.9 Å². The Hall–Kier alpha value is -3.08. The van der Waals surface area contributed by atoms with Crippen LogP contribution in [0, 0.1) is 13.8 Å². The second kappa shape index (κ2) is 5.61. The van der Waals surface area contributed by atoms with Crippen LogP contribution < -0.4 is 10.9 Å². The summed E-state index contributed by atoms with van der Waals surface area (Å²) in [6.45, 7) is 3.84. The molecular weight excluding hydrogens is 294 g/mol. The van der Waals surface area contributed by atoms with Crippen LogP contribution >= 0.6 is 0 Å². The van der Waals surface area contributed by atoms with Gasteiger partial charge in [0.05, 0.1) is 0 Å². The normalized spacial score (nSPS) is 10.7. The number of phenols is 1. The molecule has 2 N–H and O–H groups in total. The minimum atomic E-state index is -0.717. The van der Waals surface area contributed by atoms with Crippen molar-refractivity contribution in [3.05, 3.63) is 69.6 Å². The van der Waals surface area contributed by atoms with Gasteiger partial charge in [0, 0.05) is 11.1 Å². The van der Waals surface area contributed by atoms with Crippen molar-refractivity contribution < 1.29 is 14.3 Å². The summed E-state index contributed by atoms with van der Waals surface area (Å²) in [5.41, 5.74) is 2.11. The fraction of sp³-hybridized carbons (Fsp3) is 0.111. The van der Waals surface area contributed by atoms with Crippen LogP contribution in [-0.2, 0) is 0 Å². The van der Waals surface area contributed by atoms with Gasteiger partial charge in [-0.15, -0.1) is 0 Å². The van der Waals surface area contributed by atoms with Crippen molar-refractivity contribution in [2.24, 2.45) is 0 Å². The number of aromatic hydroxyl groups is 1. The van der Waals surface area contributed by atoms with Gasteiger partial charge < -0.3 is 14.8 Å². The molecule has 5 heteroatoms. The summed E-state index contributed by atoms with van der Waals surface area (Å²) in [6.07, 6.45) is 0. The van der Waals surface area contributed by atoms with E-state index in [1.54, 1.807) is 6.07 Å². The zero-order valence-electron chi connectivity index (χ0n) is 12.7. The van der Waals surface area contributed by atoms with Crippen LogP contribution in [0.15, 0.2) is 51.7 Å². The number of benzene rings is 2. The number of rotatable bonds is 2. The lowest BCUT2D eigenvalue weighted by atomic mass is 10.1. The summed E-state index contributed by atoms with van der Waals surface area (Å²) in [5.74, 6) is -0.509. The van der Waals surface area contributed by atoms with E-state index in [9.17, 15) is 14.7 Å². The van der Waals surface area contributed by atoms with Crippen molar-refractivity contribution in [2.45, 2.75) is 13.8 Å². The predicted molar refractivity (Wildman–Crippen MR) is 88.0 cm³/mol. The van der Waals surface area contributed by atoms with Gasteiger partial charge in [0.2, 0.25) is 0 Å². The molecule has 5 nitrogen and oxygen atoms in total. The molecule has 0 fully saturated rings. The largest absolute Gasteiger partial charge is 0.508 e. The molecular formula is C18H15NO4. The number of carbonyl (C=O) groups is 1. The van der Waals surface area contributed by atoms with Crippen molar-refractivity contribution in [1.82, 2.24) is 0 Å². The van der Waals surface area contributed by atoms with Crippen LogP contribution in [0.1, 0.15) is 21.5 Å². The van der Waals surface area contributed by atoms with E-state index in [-0.39, 0.29) is 11.3 Å². The number of anilines is 1. The molecule has 116 valence electrons. The van der Waals surface area contributed by atoms with Gasteiger partial charge in [-0.3, -0.25) is 4.79 Å². The van der Waals surface area contributed by atoms with Gasteiger partial charge in [0.15, 0.2) is 0 Å². The summed E-state index contributed by atoms with van der Waals surface area (Å²) < 4.78 is 5.13. The molecule has 0 bridgehead atoms. The van der Waals surface area contributed by atoms with E-state index in [1.165, 1.54) is 24.3 Å². The highest BCUT2D eigenvalue weighted by Gasteiger charge is 2.15. The average molecular weight is 309 g/mol.